The maximum absolute atomic E-state index is 13.3. The van der Waals surface area contributed by atoms with Crippen molar-refractivity contribution >= 4 is 28.7 Å². The number of rotatable bonds is 6. The fourth-order valence-corrected chi connectivity index (χ4v) is 3.98. The molecule has 0 unspecified atom stereocenters. The Kier molecular flexibility index (Phi) is 5.81. The molecule has 0 atom stereocenters. The monoisotopic (exact) mass is 432 g/mol. The number of hydrogen-bond acceptors (Lipinski definition) is 5. The Morgan fingerprint density at radius 3 is 2.19 bits per heavy atom. The van der Waals surface area contributed by atoms with Gasteiger partial charge in [-0.15, -0.1) is 11.3 Å². The highest BCUT2D eigenvalue weighted by Gasteiger charge is 2.26. The van der Waals surface area contributed by atoms with E-state index < -0.39 is 11.2 Å². The number of amides is 1. The van der Waals surface area contributed by atoms with Crippen molar-refractivity contribution in [1.29, 1.82) is 0 Å². The molecule has 0 aliphatic carbocycles. The zero-order chi connectivity index (χ0) is 21.8. The summed E-state index contributed by atoms with van der Waals surface area (Å²) in [6, 6.07) is 22.0. The van der Waals surface area contributed by atoms with Crippen molar-refractivity contribution in [3.05, 3.63) is 115 Å². The van der Waals surface area contributed by atoms with E-state index in [1.54, 1.807) is 17.5 Å². The summed E-state index contributed by atoms with van der Waals surface area (Å²) in [5.74, 6) is -0.417. The van der Waals surface area contributed by atoms with Crippen molar-refractivity contribution in [2.24, 2.45) is 0 Å². The van der Waals surface area contributed by atoms with E-state index in [-0.39, 0.29) is 30.5 Å². The number of carbonyl (C=O) groups excluding carboxylic acids is 1. The Morgan fingerprint density at radius 1 is 0.935 bits per heavy atom. The molecule has 2 heterocycles. The maximum atomic E-state index is 13.3. The molecule has 3 N–H and O–H groups in total. The summed E-state index contributed by atoms with van der Waals surface area (Å²) >= 11 is 1.27. The molecular weight excluding hydrogens is 412 g/mol. The predicted octanol–water partition coefficient (Wildman–Crippen LogP) is 3.08. The molecule has 1 amide bonds. The zero-order valence-electron chi connectivity index (χ0n) is 16.5. The van der Waals surface area contributed by atoms with Crippen LogP contribution in [-0.2, 0) is 13.1 Å². The normalized spacial score (nSPS) is 10.7. The van der Waals surface area contributed by atoms with Gasteiger partial charge in [-0.25, -0.2) is 4.79 Å². The third-order valence-corrected chi connectivity index (χ3v) is 5.69. The molecule has 2 aromatic heterocycles. The van der Waals surface area contributed by atoms with Crippen LogP contribution < -0.4 is 21.9 Å². The molecule has 0 saturated heterocycles. The summed E-state index contributed by atoms with van der Waals surface area (Å²) < 4.78 is 1.27. The van der Waals surface area contributed by atoms with Crippen LogP contribution in [0, 0.1) is 0 Å². The molecule has 0 fully saturated rings. The third kappa shape index (κ3) is 4.34. The van der Waals surface area contributed by atoms with Crippen LogP contribution in [0.4, 0.5) is 11.5 Å². The van der Waals surface area contributed by atoms with Crippen LogP contribution in [0.3, 0.4) is 0 Å². The van der Waals surface area contributed by atoms with E-state index in [2.05, 4.69) is 4.98 Å². The van der Waals surface area contributed by atoms with E-state index in [1.165, 1.54) is 20.8 Å². The van der Waals surface area contributed by atoms with Gasteiger partial charge in [0.25, 0.3) is 11.5 Å². The Hall–Kier alpha value is -3.91. The number of benzene rings is 2. The van der Waals surface area contributed by atoms with Crippen LogP contribution in [-0.4, -0.2) is 15.5 Å². The highest BCUT2D eigenvalue weighted by Crippen LogP contribution is 2.24. The number of aromatic amines is 1. The molecule has 0 bridgehead atoms. The lowest BCUT2D eigenvalue weighted by atomic mass is 10.2. The van der Waals surface area contributed by atoms with Crippen molar-refractivity contribution in [1.82, 2.24) is 9.55 Å². The molecule has 31 heavy (non-hydrogen) atoms. The molecule has 156 valence electrons. The van der Waals surface area contributed by atoms with Crippen molar-refractivity contribution < 1.29 is 4.79 Å². The van der Waals surface area contributed by atoms with E-state index in [0.29, 0.717) is 4.88 Å². The summed E-state index contributed by atoms with van der Waals surface area (Å²) in [5.41, 5.74) is 6.63. The average Bonchev–Trinajstić information content (AvgIpc) is 3.32. The lowest BCUT2D eigenvalue weighted by molar-refractivity contribution is 0.0988. The van der Waals surface area contributed by atoms with Crippen LogP contribution in [0.15, 0.2) is 87.8 Å². The Labute approximate surface area is 182 Å². The Balaban J connectivity index is 1.84. The summed E-state index contributed by atoms with van der Waals surface area (Å²) in [7, 11) is 0. The topological polar surface area (TPSA) is 101 Å². The number of nitrogens with one attached hydrogen (secondary N) is 1. The van der Waals surface area contributed by atoms with Crippen molar-refractivity contribution in [3.63, 3.8) is 0 Å². The first-order valence-corrected chi connectivity index (χ1v) is 10.5. The second-order valence-electron chi connectivity index (χ2n) is 6.92. The SMILES string of the molecule is Nc1c(N(Cc2ccccc2)C(=O)c2cccs2)c(=O)[nH]c(=O)n1Cc1ccccc1. The number of nitrogens with two attached hydrogens (primary N) is 1. The minimum Gasteiger partial charge on any atom is -0.383 e. The van der Waals surface area contributed by atoms with Gasteiger partial charge in [0, 0.05) is 0 Å². The third-order valence-electron chi connectivity index (χ3n) is 4.83. The van der Waals surface area contributed by atoms with Crippen LogP contribution in [0.5, 0.6) is 0 Å². The van der Waals surface area contributed by atoms with E-state index in [0.717, 1.165) is 11.1 Å². The average molecular weight is 433 g/mol. The first-order valence-electron chi connectivity index (χ1n) is 9.60. The van der Waals surface area contributed by atoms with Crippen molar-refractivity contribution in [2.75, 3.05) is 10.6 Å². The summed E-state index contributed by atoms with van der Waals surface area (Å²) in [5, 5.41) is 1.79. The standard InChI is InChI=1S/C23H20N4O3S/c24-20-19(21(28)25-23(30)27(20)15-17-10-5-2-6-11-17)26(14-16-8-3-1-4-9-16)22(29)18-12-7-13-31-18/h1-13H,14-15,24H2,(H,25,28,30). The summed E-state index contributed by atoms with van der Waals surface area (Å²) in [4.78, 5) is 42.8. The molecule has 0 spiro atoms. The van der Waals surface area contributed by atoms with Gasteiger partial charge in [-0.3, -0.25) is 24.0 Å². The van der Waals surface area contributed by atoms with E-state index in [1.807, 2.05) is 60.7 Å². The fraction of sp³-hybridized carbons (Fsp3) is 0.0870. The van der Waals surface area contributed by atoms with Crippen LogP contribution in [0.2, 0.25) is 0 Å². The van der Waals surface area contributed by atoms with Gasteiger partial charge < -0.3 is 5.73 Å². The number of thiophene rings is 1. The number of nitrogens with zero attached hydrogens (tertiary/aromatic N) is 2. The van der Waals surface area contributed by atoms with Gasteiger partial charge in [-0.2, -0.15) is 0 Å². The molecule has 4 rings (SSSR count). The molecule has 7 nitrogen and oxygen atoms in total. The second kappa shape index (κ2) is 8.85. The second-order valence-corrected chi connectivity index (χ2v) is 7.87. The number of nitrogen functional groups attached to an aromatic ring is 1. The minimum absolute atomic E-state index is 0.0437. The van der Waals surface area contributed by atoms with Crippen LogP contribution in [0.1, 0.15) is 20.8 Å². The first-order chi connectivity index (χ1) is 15.0. The van der Waals surface area contributed by atoms with Crippen molar-refractivity contribution in [2.45, 2.75) is 13.1 Å². The Morgan fingerprint density at radius 2 is 1.58 bits per heavy atom. The first kappa shape index (κ1) is 20.4. The fourth-order valence-electron chi connectivity index (χ4n) is 3.31. The quantitative estimate of drug-likeness (QED) is 0.489. The summed E-state index contributed by atoms with van der Waals surface area (Å²) in [6.45, 7) is 0.302. The molecule has 0 aliphatic heterocycles. The molecular formula is C23H20N4O3S. The smallest absolute Gasteiger partial charge is 0.330 e. The van der Waals surface area contributed by atoms with E-state index in [9.17, 15) is 14.4 Å². The van der Waals surface area contributed by atoms with Gasteiger partial charge in [0.1, 0.15) is 5.82 Å². The van der Waals surface area contributed by atoms with Crippen LogP contribution >= 0.6 is 11.3 Å². The number of H-pyrrole nitrogens is 1. The van der Waals surface area contributed by atoms with Crippen molar-refractivity contribution in [3.8, 4) is 0 Å². The Bertz CT molecular complexity index is 1300. The van der Waals surface area contributed by atoms with Gasteiger partial charge in [0.2, 0.25) is 0 Å². The molecule has 0 saturated carbocycles. The molecule has 0 radical (unpaired) electrons. The van der Waals surface area contributed by atoms with Gasteiger partial charge in [-0.1, -0.05) is 66.7 Å². The predicted molar refractivity (Wildman–Crippen MR) is 123 cm³/mol. The molecule has 4 aromatic rings. The highest BCUT2D eigenvalue weighted by molar-refractivity contribution is 7.12. The van der Waals surface area contributed by atoms with Gasteiger partial charge in [0.05, 0.1) is 18.0 Å². The van der Waals surface area contributed by atoms with Crippen LogP contribution in [0.25, 0.3) is 0 Å². The molecule has 8 heteroatoms. The zero-order valence-corrected chi connectivity index (χ0v) is 17.3. The molecule has 2 aromatic carbocycles. The number of aromatic nitrogens is 2. The van der Waals surface area contributed by atoms with E-state index in [4.69, 9.17) is 5.73 Å². The highest BCUT2D eigenvalue weighted by atomic mass is 32.1. The molecule has 0 aliphatic rings. The van der Waals surface area contributed by atoms with Gasteiger partial charge >= 0.3 is 5.69 Å². The van der Waals surface area contributed by atoms with Gasteiger partial charge in [-0.05, 0) is 22.6 Å². The number of hydrogen-bond donors (Lipinski definition) is 2. The van der Waals surface area contributed by atoms with E-state index >= 15 is 0 Å². The maximum Gasteiger partial charge on any atom is 0.330 e. The largest absolute Gasteiger partial charge is 0.383 e. The minimum atomic E-state index is -0.701. The lowest BCUT2D eigenvalue weighted by Crippen LogP contribution is -2.40. The lowest BCUT2D eigenvalue weighted by Gasteiger charge is -2.24. The number of carbonyl (C=O) groups is 1. The van der Waals surface area contributed by atoms with Gasteiger partial charge in [0.15, 0.2) is 5.69 Å². The summed E-state index contributed by atoms with van der Waals surface area (Å²) in [6.07, 6.45) is 0. The number of anilines is 2.